The Morgan fingerprint density at radius 2 is 1.81 bits per heavy atom. The number of carbonyl (C=O) groups excluding carboxylic acids is 2. The Balaban J connectivity index is 1.89. The lowest BCUT2D eigenvalue weighted by atomic mass is 10.1. The standard InChI is InChI=1S/C20H25N3O3/c1-4-14(2)22-20(25)15-6-5-7-17(12-15)21-13-19(24)23-16-8-10-18(26-3)11-9-16/h5-12,14,21H,4,13H2,1-3H3,(H,22,25)(H,23,24). The minimum absolute atomic E-state index is 0.0997. The number of nitrogens with one attached hydrogen (secondary N) is 3. The molecule has 1 atom stereocenters. The van der Waals surface area contributed by atoms with Crippen molar-refractivity contribution in [3.8, 4) is 5.75 Å². The second-order valence-electron chi connectivity index (χ2n) is 5.99. The van der Waals surface area contributed by atoms with Gasteiger partial charge in [0.05, 0.1) is 13.7 Å². The van der Waals surface area contributed by atoms with Crippen LogP contribution in [0.4, 0.5) is 11.4 Å². The molecule has 2 amide bonds. The third-order valence-electron chi connectivity index (χ3n) is 3.94. The molecule has 2 rings (SSSR count). The highest BCUT2D eigenvalue weighted by molar-refractivity contribution is 5.96. The van der Waals surface area contributed by atoms with Crippen molar-refractivity contribution in [2.75, 3.05) is 24.3 Å². The van der Waals surface area contributed by atoms with Crippen LogP contribution < -0.4 is 20.7 Å². The van der Waals surface area contributed by atoms with Crippen molar-refractivity contribution in [1.29, 1.82) is 0 Å². The van der Waals surface area contributed by atoms with E-state index in [1.807, 2.05) is 19.9 Å². The van der Waals surface area contributed by atoms with Gasteiger partial charge in [0.15, 0.2) is 0 Å². The summed E-state index contributed by atoms with van der Waals surface area (Å²) in [5.74, 6) is 0.434. The largest absolute Gasteiger partial charge is 0.497 e. The molecule has 0 radical (unpaired) electrons. The van der Waals surface area contributed by atoms with E-state index in [4.69, 9.17) is 4.74 Å². The number of ether oxygens (including phenoxy) is 1. The maximum atomic E-state index is 12.2. The van der Waals surface area contributed by atoms with Crippen LogP contribution in [-0.2, 0) is 4.79 Å². The highest BCUT2D eigenvalue weighted by Crippen LogP contribution is 2.15. The van der Waals surface area contributed by atoms with Crippen molar-refractivity contribution in [3.63, 3.8) is 0 Å². The molecule has 0 aliphatic carbocycles. The molecule has 0 bridgehead atoms. The molecule has 1 unspecified atom stereocenters. The van der Waals surface area contributed by atoms with Gasteiger partial charge in [-0.25, -0.2) is 0 Å². The van der Waals surface area contributed by atoms with Crippen LogP contribution in [0.1, 0.15) is 30.6 Å². The van der Waals surface area contributed by atoms with Crippen LogP contribution >= 0.6 is 0 Å². The van der Waals surface area contributed by atoms with Gasteiger partial charge in [0.2, 0.25) is 5.91 Å². The van der Waals surface area contributed by atoms with E-state index in [0.717, 1.165) is 12.2 Å². The lowest BCUT2D eigenvalue weighted by Crippen LogP contribution is -2.31. The van der Waals surface area contributed by atoms with Gasteiger partial charge >= 0.3 is 0 Å². The topological polar surface area (TPSA) is 79.5 Å². The van der Waals surface area contributed by atoms with E-state index in [-0.39, 0.29) is 24.4 Å². The van der Waals surface area contributed by atoms with Gasteiger partial charge in [-0.05, 0) is 55.8 Å². The number of methoxy groups -OCH3 is 1. The predicted molar refractivity (Wildman–Crippen MR) is 104 cm³/mol. The van der Waals surface area contributed by atoms with Crippen LogP contribution in [0.25, 0.3) is 0 Å². The summed E-state index contributed by atoms with van der Waals surface area (Å²) >= 11 is 0. The van der Waals surface area contributed by atoms with Crippen molar-refractivity contribution in [3.05, 3.63) is 54.1 Å². The molecule has 138 valence electrons. The molecule has 6 heteroatoms. The second-order valence-corrected chi connectivity index (χ2v) is 5.99. The maximum absolute atomic E-state index is 12.2. The number of hydrogen-bond acceptors (Lipinski definition) is 4. The number of benzene rings is 2. The molecule has 0 saturated heterocycles. The first-order chi connectivity index (χ1) is 12.5. The molecule has 0 aliphatic rings. The van der Waals surface area contributed by atoms with E-state index in [0.29, 0.717) is 16.9 Å². The van der Waals surface area contributed by atoms with Gasteiger partial charge in [0, 0.05) is 23.0 Å². The number of rotatable bonds is 8. The smallest absolute Gasteiger partial charge is 0.251 e. The molecule has 26 heavy (non-hydrogen) atoms. The van der Waals surface area contributed by atoms with Crippen molar-refractivity contribution in [1.82, 2.24) is 5.32 Å². The fourth-order valence-corrected chi connectivity index (χ4v) is 2.24. The molecule has 2 aromatic rings. The highest BCUT2D eigenvalue weighted by atomic mass is 16.5. The van der Waals surface area contributed by atoms with Crippen molar-refractivity contribution in [2.24, 2.45) is 0 Å². The van der Waals surface area contributed by atoms with E-state index >= 15 is 0 Å². The molecular weight excluding hydrogens is 330 g/mol. The summed E-state index contributed by atoms with van der Waals surface area (Å²) in [4.78, 5) is 24.2. The zero-order valence-corrected chi connectivity index (χ0v) is 15.3. The monoisotopic (exact) mass is 355 g/mol. The van der Waals surface area contributed by atoms with Gasteiger partial charge in [-0.3, -0.25) is 9.59 Å². The molecule has 6 nitrogen and oxygen atoms in total. The quantitative estimate of drug-likeness (QED) is 0.679. The third-order valence-corrected chi connectivity index (χ3v) is 3.94. The van der Waals surface area contributed by atoms with Gasteiger partial charge in [-0.2, -0.15) is 0 Å². The highest BCUT2D eigenvalue weighted by Gasteiger charge is 2.09. The summed E-state index contributed by atoms with van der Waals surface area (Å²) in [6.45, 7) is 4.08. The summed E-state index contributed by atoms with van der Waals surface area (Å²) in [7, 11) is 1.59. The minimum atomic E-state index is -0.176. The first kappa shape index (κ1) is 19.3. The average molecular weight is 355 g/mol. The molecule has 0 aromatic heterocycles. The van der Waals surface area contributed by atoms with Gasteiger partial charge in [-0.1, -0.05) is 13.0 Å². The number of hydrogen-bond donors (Lipinski definition) is 3. The van der Waals surface area contributed by atoms with Crippen LogP contribution in [0.3, 0.4) is 0 Å². The Morgan fingerprint density at radius 3 is 2.46 bits per heavy atom. The zero-order chi connectivity index (χ0) is 18.9. The van der Waals surface area contributed by atoms with E-state index < -0.39 is 0 Å². The molecule has 0 saturated carbocycles. The lowest BCUT2D eigenvalue weighted by Gasteiger charge is -2.12. The Labute approximate surface area is 153 Å². The minimum Gasteiger partial charge on any atom is -0.497 e. The van der Waals surface area contributed by atoms with Gasteiger partial charge in [0.1, 0.15) is 5.75 Å². The zero-order valence-electron chi connectivity index (χ0n) is 15.3. The SMILES string of the molecule is CCC(C)NC(=O)c1cccc(NCC(=O)Nc2ccc(OC)cc2)c1. The fourth-order valence-electron chi connectivity index (χ4n) is 2.24. The van der Waals surface area contributed by atoms with Crippen LogP contribution in [0.5, 0.6) is 5.75 Å². The summed E-state index contributed by atoms with van der Waals surface area (Å²) < 4.78 is 5.08. The van der Waals surface area contributed by atoms with Crippen molar-refractivity contribution < 1.29 is 14.3 Å². The predicted octanol–water partition coefficient (Wildman–Crippen LogP) is 3.27. The van der Waals surface area contributed by atoms with Gasteiger partial charge < -0.3 is 20.7 Å². The van der Waals surface area contributed by atoms with Crippen LogP contribution in [0, 0.1) is 0 Å². The van der Waals surface area contributed by atoms with Gasteiger partial charge in [0.25, 0.3) is 5.91 Å². The molecule has 0 heterocycles. The first-order valence-corrected chi connectivity index (χ1v) is 8.60. The summed E-state index contributed by atoms with van der Waals surface area (Å²) in [5, 5.41) is 8.76. The Morgan fingerprint density at radius 1 is 1.08 bits per heavy atom. The lowest BCUT2D eigenvalue weighted by molar-refractivity contribution is -0.114. The van der Waals surface area contributed by atoms with Crippen LogP contribution in [-0.4, -0.2) is 31.5 Å². The van der Waals surface area contributed by atoms with Gasteiger partial charge in [-0.15, -0.1) is 0 Å². The Kier molecular flexibility index (Phi) is 7.02. The summed E-state index contributed by atoms with van der Waals surface area (Å²) in [5.41, 5.74) is 1.97. The van der Waals surface area contributed by atoms with E-state index in [9.17, 15) is 9.59 Å². The van der Waals surface area contributed by atoms with E-state index in [1.54, 1.807) is 49.6 Å². The van der Waals surface area contributed by atoms with Crippen molar-refractivity contribution >= 4 is 23.2 Å². The third kappa shape index (κ3) is 5.81. The van der Waals surface area contributed by atoms with Crippen molar-refractivity contribution in [2.45, 2.75) is 26.3 Å². The molecule has 0 aliphatic heterocycles. The molecular formula is C20H25N3O3. The molecule has 2 aromatic carbocycles. The molecule has 3 N–H and O–H groups in total. The van der Waals surface area contributed by atoms with E-state index in [1.165, 1.54) is 0 Å². The van der Waals surface area contributed by atoms with Crippen LogP contribution in [0.2, 0.25) is 0 Å². The fraction of sp³-hybridized carbons (Fsp3) is 0.300. The number of amides is 2. The second kappa shape index (κ2) is 9.46. The Hall–Kier alpha value is -3.02. The Bertz CT molecular complexity index is 744. The number of anilines is 2. The average Bonchev–Trinajstić information content (AvgIpc) is 2.67. The summed E-state index contributed by atoms with van der Waals surface area (Å²) in [6.07, 6.45) is 0.870. The molecule has 0 fully saturated rings. The normalized spacial score (nSPS) is 11.3. The molecule has 0 spiro atoms. The number of carbonyl (C=O) groups is 2. The summed E-state index contributed by atoms with van der Waals surface area (Å²) in [6, 6.07) is 14.3. The van der Waals surface area contributed by atoms with Crippen LogP contribution in [0.15, 0.2) is 48.5 Å². The first-order valence-electron chi connectivity index (χ1n) is 8.60. The maximum Gasteiger partial charge on any atom is 0.251 e. The van der Waals surface area contributed by atoms with E-state index in [2.05, 4.69) is 16.0 Å².